The van der Waals surface area contributed by atoms with E-state index in [2.05, 4.69) is 15.3 Å². The fourth-order valence-electron chi connectivity index (χ4n) is 1.11. The molecule has 0 spiro atoms. The van der Waals surface area contributed by atoms with E-state index in [1.807, 2.05) is 31.2 Å². The quantitative estimate of drug-likeness (QED) is 0.620. The molecule has 0 fully saturated rings. The second kappa shape index (κ2) is 4.18. The Morgan fingerprint density at radius 1 is 1.40 bits per heavy atom. The molecule has 1 aromatic carbocycles. The largest absolute Gasteiger partial charge is 0.250 e. The highest BCUT2D eigenvalue weighted by molar-refractivity contribution is 7.71. The van der Waals surface area contributed by atoms with Gasteiger partial charge in [0.25, 0.3) is 0 Å². The lowest BCUT2D eigenvalue weighted by molar-refractivity contribution is 0.863. The van der Waals surface area contributed by atoms with E-state index >= 15 is 0 Å². The van der Waals surface area contributed by atoms with Gasteiger partial charge in [-0.25, -0.2) is 0 Å². The highest BCUT2D eigenvalue weighted by Gasteiger charge is 1.89. The van der Waals surface area contributed by atoms with Crippen LogP contribution in [0.3, 0.4) is 0 Å². The minimum atomic E-state index is 0.485. The van der Waals surface area contributed by atoms with Gasteiger partial charge in [-0.05, 0) is 24.7 Å². The van der Waals surface area contributed by atoms with Crippen LogP contribution in [0.4, 0.5) is 0 Å². The third kappa shape index (κ3) is 2.38. The summed E-state index contributed by atoms with van der Waals surface area (Å²) in [5, 5.41) is 10.6. The third-order valence-electron chi connectivity index (χ3n) is 1.94. The number of benzene rings is 1. The minimum Gasteiger partial charge on any atom is -0.250 e. The van der Waals surface area contributed by atoms with Crippen LogP contribution in [0.25, 0.3) is 0 Å². The number of nitrogens with one attached hydrogen (secondary N) is 1. The minimum absolute atomic E-state index is 0.485. The zero-order valence-corrected chi connectivity index (χ0v) is 9.03. The van der Waals surface area contributed by atoms with Crippen molar-refractivity contribution >= 4 is 18.4 Å². The van der Waals surface area contributed by atoms with E-state index in [1.54, 1.807) is 6.21 Å². The van der Waals surface area contributed by atoms with Gasteiger partial charge in [0, 0.05) is 0 Å². The molecule has 5 heteroatoms. The number of hydrogen-bond acceptors (Lipinski definition) is 3. The first-order chi connectivity index (χ1) is 7.25. The Labute approximate surface area is 92.3 Å². The van der Waals surface area contributed by atoms with Crippen LogP contribution in [-0.4, -0.2) is 21.1 Å². The molecule has 0 saturated carbocycles. The highest BCUT2D eigenvalue weighted by atomic mass is 32.1. The van der Waals surface area contributed by atoms with Gasteiger partial charge in [0.15, 0.2) is 0 Å². The fraction of sp³-hybridized carbons (Fsp3) is 0.100. The molecule has 2 rings (SSSR count). The summed E-state index contributed by atoms with van der Waals surface area (Å²) in [7, 11) is 0. The molecule has 0 atom stereocenters. The normalized spacial score (nSPS) is 11.0. The summed E-state index contributed by atoms with van der Waals surface area (Å²) < 4.78 is 1.99. The number of hydrogen-bond donors (Lipinski definition) is 1. The second-order valence-corrected chi connectivity index (χ2v) is 3.55. The Balaban J connectivity index is 2.22. The Hall–Kier alpha value is -1.75. The summed E-state index contributed by atoms with van der Waals surface area (Å²) in [5.41, 5.74) is 2.26. The van der Waals surface area contributed by atoms with Crippen LogP contribution in [-0.2, 0) is 0 Å². The summed E-state index contributed by atoms with van der Waals surface area (Å²) in [6.07, 6.45) is 3.28. The topological polar surface area (TPSA) is 46.0 Å². The molecule has 0 bridgehead atoms. The summed E-state index contributed by atoms with van der Waals surface area (Å²) in [5.74, 6) is 0. The molecule has 4 nitrogen and oxygen atoms in total. The standard InChI is InChI=1S/C10H10N4S/c1-8-2-4-9(5-3-8)6-12-14-7-11-13-10(14)15/h2-7H,1H3,(H,13,15). The molecule has 1 N–H and O–H groups in total. The SMILES string of the molecule is Cc1ccc(C=Nn2cn[nH]c2=S)cc1. The van der Waals surface area contributed by atoms with Crippen LogP contribution < -0.4 is 0 Å². The molecule has 0 aliphatic carbocycles. The first-order valence-electron chi connectivity index (χ1n) is 4.49. The van der Waals surface area contributed by atoms with Gasteiger partial charge in [0.1, 0.15) is 6.33 Å². The summed E-state index contributed by atoms with van der Waals surface area (Å²) >= 11 is 4.95. The maximum atomic E-state index is 4.95. The monoisotopic (exact) mass is 218 g/mol. The number of H-pyrrole nitrogens is 1. The van der Waals surface area contributed by atoms with Crippen molar-refractivity contribution in [2.75, 3.05) is 0 Å². The van der Waals surface area contributed by atoms with Crippen molar-refractivity contribution in [3.05, 3.63) is 46.5 Å². The van der Waals surface area contributed by atoms with E-state index in [4.69, 9.17) is 12.2 Å². The van der Waals surface area contributed by atoms with Crippen LogP contribution in [0.5, 0.6) is 0 Å². The molecule has 1 heterocycles. The molecular formula is C10H10N4S. The Kier molecular flexibility index (Phi) is 2.73. The summed E-state index contributed by atoms with van der Waals surface area (Å²) in [6, 6.07) is 8.08. The molecule has 0 aliphatic rings. The van der Waals surface area contributed by atoms with Gasteiger partial charge in [-0.3, -0.25) is 5.10 Å². The second-order valence-electron chi connectivity index (χ2n) is 3.16. The van der Waals surface area contributed by atoms with Crippen LogP contribution in [0, 0.1) is 11.7 Å². The van der Waals surface area contributed by atoms with Crippen LogP contribution in [0.1, 0.15) is 11.1 Å². The van der Waals surface area contributed by atoms with E-state index in [1.165, 1.54) is 16.6 Å². The summed E-state index contributed by atoms with van der Waals surface area (Å²) in [6.45, 7) is 2.05. The van der Waals surface area contributed by atoms with Crippen LogP contribution >= 0.6 is 12.2 Å². The first kappa shape index (κ1) is 9.79. The number of aromatic nitrogens is 3. The van der Waals surface area contributed by atoms with Gasteiger partial charge in [0.2, 0.25) is 4.77 Å². The van der Waals surface area contributed by atoms with Gasteiger partial charge in [0.05, 0.1) is 6.21 Å². The Morgan fingerprint density at radius 2 is 2.13 bits per heavy atom. The van der Waals surface area contributed by atoms with Gasteiger partial charge in [-0.1, -0.05) is 29.8 Å². The van der Waals surface area contributed by atoms with Crippen LogP contribution in [0.2, 0.25) is 0 Å². The van der Waals surface area contributed by atoms with Crippen LogP contribution in [0.15, 0.2) is 35.7 Å². The molecule has 15 heavy (non-hydrogen) atoms. The van der Waals surface area contributed by atoms with E-state index in [0.717, 1.165) is 5.56 Å². The maximum Gasteiger partial charge on any atom is 0.216 e. The fourth-order valence-corrected chi connectivity index (χ4v) is 1.25. The predicted octanol–water partition coefficient (Wildman–Crippen LogP) is 2.13. The van der Waals surface area contributed by atoms with Gasteiger partial charge >= 0.3 is 0 Å². The van der Waals surface area contributed by atoms with E-state index in [-0.39, 0.29) is 0 Å². The number of aryl methyl sites for hydroxylation is 1. The molecule has 0 unspecified atom stereocenters. The molecule has 0 saturated heterocycles. The molecule has 1 aromatic heterocycles. The Morgan fingerprint density at radius 3 is 2.73 bits per heavy atom. The molecular weight excluding hydrogens is 208 g/mol. The van der Waals surface area contributed by atoms with E-state index < -0.39 is 0 Å². The van der Waals surface area contributed by atoms with Gasteiger partial charge < -0.3 is 0 Å². The number of rotatable bonds is 2. The van der Waals surface area contributed by atoms with E-state index in [0.29, 0.717) is 4.77 Å². The number of nitrogens with zero attached hydrogens (tertiary/aromatic N) is 3. The maximum absolute atomic E-state index is 4.95. The molecule has 0 radical (unpaired) electrons. The molecule has 76 valence electrons. The smallest absolute Gasteiger partial charge is 0.216 e. The lowest BCUT2D eigenvalue weighted by atomic mass is 10.2. The van der Waals surface area contributed by atoms with Crippen molar-refractivity contribution < 1.29 is 0 Å². The van der Waals surface area contributed by atoms with Crippen molar-refractivity contribution in [3.8, 4) is 0 Å². The van der Waals surface area contributed by atoms with Crippen molar-refractivity contribution in [2.24, 2.45) is 5.10 Å². The average Bonchev–Trinajstić information content (AvgIpc) is 2.63. The van der Waals surface area contributed by atoms with Crippen molar-refractivity contribution in [2.45, 2.75) is 6.92 Å². The lowest BCUT2D eigenvalue weighted by Crippen LogP contribution is -1.88. The van der Waals surface area contributed by atoms with Crippen molar-refractivity contribution in [3.63, 3.8) is 0 Å². The lowest BCUT2D eigenvalue weighted by Gasteiger charge is -1.94. The third-order valence-corrected chi connectivity index (χ3v) is 2.22. The molecule has 2 aromatic rings. The van der Waals surface area contributed by atoms with Gasteiger partial charge in [-0.2, -0.15) is 14.9 Å². The predicted molar refractivity (Wildman–Crippen MR) is 61.6 cm³/mol. The number of aromatic amines is 1. The Bertz CT molecular complexity index is 521. The zero-order chi connectivity index (χ0) is 10.7. The zero-order valence-electron chi connectivity index (χ0n) is 8.21. The molecule has 0 amide bonds. The van der Waals surface area contributed by atoms with Crippen molar-refractivity contribution in [1.29, 1.82) is 0 Å². The first-order valence-corrected chi connectivity index (χ1v) is 4.89. The van der Waals surface area contributed by atoms with Crippen molar-refractivity contribution in [1.82, 2.24) is 14.9 Å². The average molecular weight is 218 g/mol. The highest BCUT2D eigenvalue weighted by Crippen LogP contribution is 2.00. The van der Waals surface area contributed by atoms with Gasteiger partial charge in [-0.15, -0.1) is 0 Å². The summed E-state index contributed by atoms with van der Waals surface area (Å²) in [4.78, 5) is 0. The van der Waals surface area contributed by atoms with E-state index in [9.17, 15) is 0 Å². The molecule has 0 aliphatic heterocycles.